The Balaban J connectivity index is 0.00000288. The number of hydrogen-bond acceptors (Lipinski definition) is 2. The van der Waals surface area contributed by atoms with Crippen LogP contribution in [0.25, 0.3) is 0 Å². The van der Waals surface area contributed by atoms with E-state index in [0.717, 1.165) is 25.8 Å². The Morgan fingerprint density at radius 2 is 1.62 bits per heavy atom. The molecular weight excluding hydrogens is 320 g/mol. The first-order valence-corrected chi connectivity index (χ1v) is 8.32. The molecule has 0 saturated carbocycles. The summed E-state index contributed by atoms with van der Waals surface area (Å²) in [5.74, 6) is 0.127. The fourth-order valence-corrected chi connectivity index (χ4v) is 2.66. The Hall–Kier alpha value is -1.84. The van der Waals surface area contributed by atoms with Crippen molar-refractivity contribution in [1.82, 2.24) is 10.6 Å². The van der Waals surface area contributed by atoms with E-state index in [-0.39, 0.29) is 24.4 Å². The van der Waals surface area contributed by atoms with E-state index in [1.165, 1.54) is 11.1 Å². The predicted molar refractivity (Wildman–Crippen MR) is 102 cm³/mol. The van der Waals surface area contributed by atoms with Crippen molar-refractivity contribution in [2.45, 2.75) is 31.7 Å². The molecule has 2 aromatic carbocycles. The van der Waals surface area contributed by atoms with Gasteiger partial charge in [-0.2, -0.15) is 0 Å². The zero-order chi connectivity index (χ0) is 16.3. The van der Waals surface area contributed by atoms with Gasteiger partial charge in [-0.1, -0.05) is 60.7 Å². The van der Waals surface area contributed by atoms with Crippen LogP contribution in [-0.2, 0) is 11.2 Å². The lowest BCUT2D eigenvalue weighted by molar-refractivity contribution is -0.122. The van der Waals surface area contributed by atoms with Crippen molar-refractivity contribution in [2.75, 3.05) is 13.6 Å². The van der Waals surface area contributed by atoms with Crippen LogP contribution in [0.1, 0.15) is 36.4 Å². The maximum atomic E-state index is 12.2. The highest BCUT2D eigenvalue weighted by Gasteiger charge is 2.14. The number of rotatable bonds is 9. The van der Waals surface area contributed by atoms with Gasteiger partial charge in [0.2, 0.25) is 5.91 Å². The summed E-state index contributed by atoms with van der Waals surface area (Å²) in [6.45, 7) is 0.868. The van der Waals surface area contributed by atoms with Gasteiger partial charge in [-0.25, -0.2) is 0 Å². The number of halogens is 1. The minimum atomic E-state index is 0. The van der Waals surface area contributed by atoms with Crippen LogP contribution in [0.2, 0.25) is 0 Å². The van der Waals surface area contributed by atoms with Gasteiger partial charge in [-0.15, -0.1) is 12.4 Å². The number of carbonyl (C=O) groups is 1. The van der Waals surface area contributed by atoms with Gasteiger partial charge in [-0.3, -0.25) is 4.79 Å². The zero-order valence-corrected chi connectivity index (χ0v) is 15.0. The first-order chi connectivity index (χ1) is 11.3. The normalized spacial score (nSPS) is 11.4. The molecule has 0 aliphatic heterocycles. The van der Waals surface area contributed by atoms with Gasteiger partial charge in [-0.05, 0) is 44.0 Å². The molecule has 3 nitrogen and oxygen atoms in total. The van der Waals surface area contributed by atoms with Gasteiger partial charge >= 0.3 is 0 Å². The first-order valence-electron chi connectivity index (χ1n) is 8.32. The largest absolute Gasteiger partial charge is 0.349 e. The van der Waals surface area contributed by atoms with E-state index in [1.807, 2.05) is 31.3 Å². The molecule has 1 atom stereocenters. The summed E-state index contributed by atoms with van der Waals surface area (Å²) >= 11 is 0. The Kier molecular flexibility index (Phi) is 9.81. The number of carbonyl (C=O) groups excluding carboxylic acids is 1. The van der Waals surface area contributed by atoms with Crippen LogP contribution >= 0.6 is 12.4 Å². The maximum Gasteiger partial charge on any atom is 0.220 e. The molecule has 0 aromatic heterocycles. The highest BCUT2D eigenvalue weighted by atomic mass is 35.5. The van der Waals surface area contributed by atoms with E-state index in [9.17, 15) is 4.79 Å². The van der Waals surface area contributed by atoms with Crippen molar-refractivity contribution in [3.63, 3.8) is 0 Å². The lowest BCUT2D eigenvalue weighted by Crippen LogP contribution is -2.29. The van der Waals surface area contributed by atoms with Crippen LogP contribution in [-0.4, -0.2) is 19.5 Å². The molecule has 0 aliphatic rings. The van der Waals surface area contributed by atoms with E-state index in [1.54, 1.807) is 0 Å². The highest BCUT2D eigenvalue weighted by molar-refractivity contribution is 5.85. The third-order valence-electron chi connectivity index (χ3n) is 3.93. The number of hydrogen-bond donors (Lipinski definition) is 2. The molecule has 0 spiro atoms. The van der Waals surface area contributed by atoms with Gasteiger partial charge < -0.3 is 10.6 Å². The summed E-state index contributed by atoms with van der Waals surface area (Å²) in [6.07, 6.45) is 3.29. The Morgan fingerprint density at radius 3 is 2.25 bits per heavy atom. The van der Waals surface area contributed by atoms with Crippen molar-refractivity contribution < 1.29 is 4.79 Å². The summed E-state index contributed by atoms with van der Waals surface area (Å²) in [7, 11) is 1.91. The third-order valence-corrected chi connectivity index (χ3v) is 3.93. The number of amides is 1. The Labute approximate surface area is 151 Å². The fraction of sp³-hybridized carbons (Fsp3) is 0.350. The van der Waals surface area contributed by atoms with Crippen molar-refractivity contribution in [1.29, 1.82) is 0 Å². The van der Waals surface area contributed by atoms with Gasteiger partial charge in [0.25, 0.3) is 0 Å². The van der Waals surface area contributed by atoms with E-state index in [2.05, 4.69) is 47.0 Å². The monoisotopic (exact) mass is 346 g/mol. The lowest BCUT2D eigenvalue weighted by Gasteiger charge is -2.19. The molecule has 2 aromatic rings. The molecule has 24 heavy (non-hydrogen) atoms. The molecule has 0 saturated heterocycles. The SMILES string of the molecule is CNCCCC(=O)NC(CCc1ccccc1)c1ccccc1.Cl. The number of nitrogens with one attached hydrogen (secondary N) is 2. The molecule has 0 radical (unpaired) electrons. The van der Waals surface area contributed by atoms with Crippen LogP contribution in [0.5, 0.6) is 0 Å². The summed E-state index contributed by atoms with van der Waals surface area (Å²) < 4.78 is 0. The van der Waals surface area contributed by atoms with E-state index < -0.39 is 0 Å². The van der Waals surface area contributed by atoms with Crippen LogP contribution < -0.4 is 10.6 Å². The Morgan fingerprint density at radius 1 is 1.00 bits per heavy atom. The average Bonchev–Trinajstić information content (AvgIpc) is 2.60. The molecule has 0 heterocycles. The quantitative estimate of drug-likeness (QED) is 0.676. The minimum Gasteiger partial charge on any atom is -0.349 e. The highest BCUT2D eigenvalue weighted by Crippen LogP contribution is 2.19. The summed E-state index contributed by atoms with van der Waals surface area (Å²) in [4.78, 5) is 12.2. The van der Waals surface area contributed by atoms with Crippen LogP contribution in [0.4, 0.5) is 0 Å². The second-order valence-corrected chi connectivity index (χ2v) is 5.76. The standard InChI is InChI=1S/C20H26N2O.ClH/c1-21-16-8-13-20(23)22-19(18-11-6-3-7-12-18)15-14-17-9-4-2-5-10-17;/h2-7,9-12,19,21H,8,13-16H2,1H3,(H,22,23);1H. The van der Waals surface area contributed by atoms with Crippen molar-refractivity contribution in [3.8, 4) is 0 Å². The molecule has 0 aliphatic carbocycles. The average molecular weight is 347 g/mol. The second kappa shape index (κ2) is 11.7. The smallest absolute Gasteiger partial charge is 0.220 e. The maximum absolute atomic E-state index is 12.2. The van der Waals surface area contributed by atoms with Gasteiger partial charge in [0.1, 0.15) is 0 Å². The molecule has 0 bridgehead atoms. The molecule has 1 amide bonds. The number of aryl methyl sites for hydroxylation is 1. The zero-order valence-electron chi connectivity index (χ0n) is 14.2. The topological polar surface area (TPSA) is 41.1 Å². The fourth-order valence-electron chi connectivity index (χ4n) is 2.66. The van der Waals surface area contributed by atoms with Crippen LogP contribution in [0.15, 0.2) is 60.7 Å². The summed E-state index contributed by atoms with van der Waals surface area (Å²) in [6, 6.07) is 20.7. The third kappa shape index (κ3) is 7.16. The molecule has 0 fully saturated rings. The predicted octanol–water partition coefficient (Wildman–Crippen LogP) is 3.90. The van der Waals surface area contributed by atoms with Gasteiger partial charge in [0.05, 0.1) is 6.04 Å². The van der Waals surface area contributed by atoms with Crippen LogP contribution in [0, 0.1) is 0 Å². The number of benzene rings is 2. The summed E-state index contributed by atoms with van der Waals surface area (Å²) in [5, 5.41) is 6.27. The molecule has 4 heteroatoms. The van der Waals surface area contributed by atoms with Gasteiger partial charge in [0, 0.05) is 6.42 Å². The van der Waals surface area contributed by atoms with E-state index in [0.29, 0.717) is 6.42 Å². The minimum absolute atomic E-state index is 0. The van der Waals surface area contributed by atoms with E-state index >= 15 is 0 Å². The van der Waals surface area contributed by atoms with E-state index in [4.69, 9.17) is 0 Å². The Bertz CT molecular complexity index is 575. The molecule has 2 rings (SSSR count). The molecule has 1 unspecified atom stereocenters. The first kappa shape index (κ1) is 20.2. The van der Waals surface area contributed by atoms with Crippen molar-refractivity contribution >= 4 is 18.3 Å². The second-order valence-electron chi connectivity index (χ2n) is 5.76. The van der Waals surface area contributed by atoms with Crippen molar-refractivity contribution in [3.05, 3.63) is 71.8 Å². The molecular formula is C20H27ClN2O. The van der Waals surface area contributed by atoms with Crippen molar-refractivity contribution in [2.24, 2.45) is 0 Å². The summed E-state index contributed by atoms with van der Waals surface area (Å²) in [5.41, 5.74) is 2.48. The molecule has 130 valence electrons. The lowest BCUT2D eigenvalue weighted by atomic mass is 9.98. The van der Waals surface area contributed by atoms with Gasteiger partial charge in [0.15, 0.2) is 0 Å². The van der Waals surface area contributed by atoms with Crippen LogP contribution in [0.3, 0.4) is 0 Å². The molecule has 2 N–H and O–H groups in total.